The molecule has 108 valence electrons. The highest BCUT2D eigenvalue weighted by Gasteiger charge is 2.08. The van der Waals surface area contributed by atoms with E-state index in [-0.39, 0.29) is 0 Å². The summed E-state index contributed by atoms with van der Waals surface area (Å²) >= 11 is 0. The molecule has 0 atom stereocenters. The fraction of sp³-hybridized carbons (Fsp3) is 0.105. The average Bonchev–Trinajstić information content (AvgIpc) is 2.95. The highest BCUT2D eigenvalue weighted by molar-refractivity contribution is 5.69. The lowest BCUT2D eigenvalue weighted by atomic mass is 10.1. The third-order valence-electron chi connectivity index (χ3n) is 3.36. The molecule has 0 saturated heterocycles. The standard InChI is InChI=1S/C19H16N2O/c1-3-19-18(13-21(2)20-19)16-10-7-11-17(12-16)22-14-15-8-5-4-6-9-15/h1,4-13H,14H2,2H3. The van der Waals surface area contributed by atoms with E-state index in [1.807, 2.05) is 67.8 Å². The molecule has 3 heteroatoms. The van der Waals surface area contributed by atoms with Crippen molar-refractivity contribution in [1.82, 2.24) is 9.78 Å². The highest BCUT2D eigenvalue weighted by atomic mass is 16.5. The molecule has 0 amide bonds. The van der Waals surface area contributed by atoms with Crippen LogP contribution in [-0.2, 0) is 13.7 Å². The number of terminal acetylenes is 1. The van der Waals surface area contributed by atoms with Gasteiger partial charge in [-0.25, -0.2) is 0 Å². The SMILES string of the molecule is C#Cc1nn(C)cc1-c1cccc(OCc2ccccc2)c1. The zero-order valence-corrected chi connectivity index (χ0v) is 12.4. The van der Waals surface area contributed by atoms with E-state index in [1.54, 1.807) is 4.68 Å². The van der Waals surface area contributed by atoms with Gasteiger partial charge in [-0.1, -0.05) is 42.5 Å². The van der Waals surface area contributed by atoms with E-state index >= 15 is 0 Å². The monoisotopic (exact) mass is 288 g/mol. The zero-order valence-electron chi connectivity index (χ0n) is 12.4. The smallest absolute Gasteiger partial charge is 0.142 e. The molecule has 3 aromatic rings. The minimum Gasteiger partial charge on any atom is -0.489 e. The molecule has 0 aliphatic rings. The zero-order chi connectivity index (χ0) is 15.4. The van der Waals surface area contributed by atoms with Gasteiger partial charge in [0.2, 0.25) is 0 Å². The van der Waals surface area contributed by atoms with Gasteiger partial charge in [0.25, 0.3) is 0 Å². The predicted octanol–water partition coefficient (Wildman–Crippen LogP) is 3.65. The second-order valence-electron chi connectivity index (χ2n) is 5.01. The van der Waals surface area contributed by atoms with Gasteiger partial charge in [0, 0.05) is 18.8 Å². The highest BCUT2D eigenvalue weighted by Crippen LogP contribution is 2.26. The lowest BCUT2D eigenvalue weighted by Gasteiger charge is -2.08. The first-order valence-corrected chi connectivity index (χ1v) is 7.03. The fourth-order valence-electron chi connectivity index (χ4n) is 2.30. The van der Waals surface area contributed by atoms with Gasteiger partial charge < -0.3 is 4.74 Å². The summed E-state index contributed by atoms with van der Waals surface area (Å²) in [4.78, 5) is 0. The Morgan fingerprint density at radius 3 is 2.73 bits per heavy atom. The van der Waals surface area contributed by atoms with Gasteiger partial charge in [0.15, 0.2) is 0 Å². The van der Waals surface area contributed by atoms with Crippen LogP contribution in [0.2, 0.25) is 0 Å². The second-order valence-corrected chi connectivity index (χ2v) is 5.01. The van der Waals surface area contributed by atoms with Crippen molar-refractivity contribution in [2.45, 2.75) is 6.61 Å². The molecule has 22 heavy (non-hydrogen) atoms. The first-order valence-electron chi connectivity index (χ1n) is 7.03. The van der Waals surface area contributed by atoms with Crippen LogP contribution in [-0.4, -0.2) is 9.78 Å². The molecule has 3 rings (SSSR count). The summed E-state index contributed by atoms with van der Waals surface area (Å²) in [6.07, 6.45) is 7.44. The summed E-state index contributed by atoms with van der Waals surface area (Å²) in [5.41, 5.74) is 3.73. The Kier molecular flexibility index (Phi) is 3.93. The van der Waals surface area contributed by atoms with Gasteiger partial charge in [-0.3, -0.25) is 4.68 Å². The van der Waals surface area contributed by atoms with Crippen molar-refractivity contribution >= 4 is 0 Å². The van der Waals surface area contributed by atoms with Crippen molar-refractivity contribution < 1.29 is 4.74 Å². The molecule has 3 nitrogen and oxygen atoms in total. The molecule has 0 N–H and O–H groups in total. The Morgan fingerprint density at radius 2 is 1.95 bits per heavy atom. The largest absolute Gasteiger partial charge is 0.489 e. The van der Waals surface area contributed by atoms with Gasteiger partial charge in [-0.15, -0.1) is 6.42 Å². The van der Waals surface area contributed by atoms with Crippen molar-refractivity contribution in [2.24, 2.45) is 7.05 Å². The minimum absolute atomic E-state index is 0.541. The summed E-state index contributed by atoms with van der Waals surface area (Å²) in [6, 6.07) is 18.0. The summed E-state index contributed by atoms with van der Waals surface area (Å²) in [7, 11) is 1.86. The van der Waals surface area contributed by atoms with Crippen molar-refractivity contribution in [3.05, 3.63) is 72.1 Å². The van der Waals surface area contributed by atoms with E-state index < -0.39 is 0 Å². The van der Waals surface area contributed by atoms with Crippen LogP contribution in [0.5, 0.6) is 5.75 Å². The molecular formula is C19H16N2O. The van der Waals surface area contributed by atoms with Crippen molar-refractivity contribution in [3.63, 3.8) is 0 Å². The number of nitrogens with zero attached hydrogens (tertiary/aromatic N) is 2. The van der Waals surface area contributed by atoms with Gasteiger partial charge in [0.05, 0.1) is 0 Å². The Bertz CT molecular complexity index is 813. The minimum atomic E-state index is 0.541. The van der Waals surface area contributed by atoms with Gasteiger partial charge in [0.1, 0.15) is 18.1 Å². The molecule has 0 saturated carbocycles. The molecule has 0 aliphatic carbocycles. The second kappa shape index (κ2) is 6.19. The van der Waals surface area contributed by atoms with Crippen LogP contribution < -0.4 is 4.74 Å². The molecule has 0 aliphatic heterocycles. The maximum atomic E-state index is 5.86. The first kappa shape index (κ1) is 14.0. The number of benzene rings is 2. The normalized spacial score (nSPS) is 10.2. The van der Waals surface area contributed by atoms with E-state index in [0.29, 0.717) is 12.3 Å². The van der Waals surface area contributed by atoms with Crippen LogP contribution in [0.15, 0.2) is 60.8 Å². The summed E-state index contributed by atoms with van der Waals surface area (Å²) in [6.45, 7) is 0.541. The van der Waals surface area contributed by atoms with Crippen LogP contribution in [0.25, 0.3) is 11.1 Å². The van der Waals surface area contributed by atoms with E-state index in [1.165, 1.54) is 0 Å². The first-order chi connectivity index (χ1) is 10.8. The van der Waals surface area contributed by atoms with Crippen LogP contribution >= 0.6 is 0 Å². The summed E-state index contributed by atoms with van der Waals surface area (Å²) in [5.74, 6) is 3.43. The van der Waals surface area contributed by atoms with E-state index in [2.05, 4.69) is 11.0 Å². The van der Waals surface area contributed by atoms with E-state index in [9.17, 15) is 0 Å². The summed E-state index contributed by atoms with van der Waals surface area (Å²) < 4.78 is 7.58. The third-order valence-corrected chi connectivity index (χ3v) is 3.36. The summed E-state index contributed by atoms with van der Waals surface area (Å²) in [5, 5.41) is 4.27. The quantitative estimate of drug-likeness (QED) is 0.685. The Labute approximate surface area is 130 Å². The number of rotatable bonds is 4. The van der Waals surface area contributed by atoms with Crippen LogP contribution in [0.3, 0.4) is 0 Å². The van der Waals surface area contributed by atoms with Crippen molar-refractivity contribution in [3.8, 4) is 29.2 Å². The van der Waals surface area contributed by atoms with Crippen LogP contribution in [0.1, 0.15) is 11.3 Å². The number of hydrogen-bond acceptors (Lipinski definition) is 2. The number of aromatic nitrogens is 2. The number of aryl methyl sites for hydroxylation is 1. The van der Waals surface area contributed by atoms with Crippen LogP contribution in [0, 0.1) is 12.3 Å². The Hall–Kier alpha value is -2.99. The lowest BCUT2D eigenvalue weighted by Crippen LogP contribution is -1.95. The molecule has 2 aromatic carbocycles. The van der Waals surface area contributed by atoms with E-state index in [0.717, 1.165) is 22.4 Å². The molecule has 0 fully saturated rings. The van der Waals surface area contributed by atoms with Gasteiger partial charge >= 0.3 is 0 Å². The van der Waals surface area contributed by atoms with E-state index in [4.69, 9.17) is 11.2 Å². The van der Waals surface area contributed by atoms with Gasteiger partial charge in [-0.2, -0.15) is 5.10 Å². The van der Waals surface area contributed by atoms with Gasteiger partial charge in [-0.05, 0) is 29.2 Å². The predicted molar refractivity (Wildman–Crippen MR) is 87.4 cm³/mol. The average molecular weight is 288 g/mol. The number of hydrogen-bond donors (Lipinski definition) is 0. The molecule has 1 heterocycles. The topological polar surface area (TPSA) is 27.1 Å². The molecular weight excluding hydrogens is 272 g/mol. The fourth-order valence-corrected chi connectivity index (χ4v) is 2.30. The Balaban J connectivity index is 1.82. The lowest BCUT2D eigenvalue weighted by molar-refractivity contribution is 0.306. The Morgan fingerprint density at radius 1 is 1.14 bits per heavy atom. The van der Waals surface area contributed by atoms with Crippen molar-refractivity contribution in [2.75, 3.05) is 0 Å². The molecule has 1 aromatic heterocycles. The molecule has 0 bridgehead atoms. The molecule has 0 spiro atoms. The maximum absolute atomic E-state index is 5.86. The van der Waals surface area contributed by atoms with Crippen LogP contribution in [0.4, 0.5) is 0 Å². The third kappa shape index (κ3) is 3.02. The molecule has 0 radical (unpaired) electrons. The molecule has 0 unspecified atom stereocenters. The number of ether oxygens (including phenoxy) is 1. The van der Waals surface area contributed by atoms with Crippen molar-refractivity contribution in [1.29, 1.82) is 0 Å². The maximum Gasteiger partial charge on any atom is 0.142 e.